The average Bonchev–Trinajstić information content (AvgIpc) is 3.01. The van der Waals surface area contributed by atoms with Crippen molar-refractivity contribution in [2.75, 3.05) is 6.54 Å². The maximum Gasteiger partial charge on any atom is 0.284 e. The molecule has 1 fully saturated rings. The number of amides is 1. The van der Waals surface area contributed by atoms with Gasteiger partial charge in [-0.1, -0.05) is 31.2 Å². The molecule has 10 heteroatoms. The fourth-order valence-corrected chi connectivity index (χ4v) is 5.03. The predicted molar refractivity (Wildman–Crippen MR) is 116 cm³/mol. The van der Waals surface area contributed by atoms with E-state index < -0.39 is 20.9 Å². The van der Waals surface area contributed by atoms with Crippen LogP contribution in [0.5, 0.6) is 0 Å². The van der Waals surface area contributed by atoms with Crippen LogP contribution in [0.3, 0.4) is 0 Å². The van der Waals surface area contributed by atoms with Gasteiger partial charge in [0.1, 0.15) is 0 Å². The van der Waals surface area contributed by atoms with Gasteiger partial charge in [0.15, 0.2) is 5.17 Å². The minimum atomic E-state index is -3.99. The number of benzene rings is 2. The minimum Gasteiger partial charge on any atom is -0.286 e. The van der Waals surface area contributed by atoms with Crippen molar-refractivity contribution in [3.8, 4) is 0 Å². The molecule has 2 aromatic rings. The third kappa shape index (κ3) is 4.60. The van der Waals surface area contributed by atoms with Crippen molar-refractivity contribution in [2.24, 2.45) is 4.40 Å². The number of hydrogen-bond acceptors (Lipinski definition) is 6. The van der Waals surface area contributed by atoms with E-state index in [1.165, 1.54) is 41.3 Å². The van der Waals surface area contributed by atoms with Crippen molar-refractivity contribution in [1.82, 2.24) is 4.90 Å². The van der Waals surface area contributed by atoms with Gasteiger partial charge in [-0.15, -0.1) is 4.40 Å². The SMILES string of the molecule is CCc1ccc(S(=O)(=O)/N=C2\S/C(=C/c3cccc([N+](=O)[O-])c3)C(=O)N2CC)cc1. The van der Waals surface area contributed by atoms with Crippen LogP contribution in [-0.2, 0) is 21.2 Å². The third-order valence-corrected chi connectivity index (χ3v) is 6.81. The van der Waals surface area contributed by atoms with Crippen molar-refractivity contribution in [1.29, 1.82) is 0 Å². The lowest BCUT2D eigenvalue weighted by Crippen LogP contribution is -2.29. The van der Waals surface area contributed by atoms with Crippen LogP contribution in [-0.4, -0.2) is 35.9 Å². The monoisotopic (exact) mass is 445 g/mol. The highest BCUT2D eigenvalue weighted by Gasteiger charge is 2.34. The first-order chi connectivity index (χ1) is 14.2. The topological polar surface area (TPSA) is 110 Å². The van der Waals surface area contributed by atoms with E-state index in [-0.39, 0.29) is 27.2 Å². The molecule has 1 saturated heterocycles. The molecule has 0 saturated carbocycles. The maximum absolute atomic E-state index is 12.7. The maximum atomic E-state index is 12.7. The lowest BCUT2D eigenvalue weighted by molar-refractivity contribution is -0.384. The van der Waals surface area contributed by atoms with E-state index in [0.717, 1.165) is 23.7 Å². The highest BCUT2D eigenvalue weighted by Crippen LogP contribution is 2.34. The number of nitrogens with zero attached hydrogens (tertiary/aromatic N) is 3. The number of thioether (sulfide) groups is 1. The molecule has 1 aliphatic rings. The molecule has 1 heterocycles. The van der Waals surface area contributed by atoms with E-state index in [0.29, 0.717) is 5.56 Å². The number of likely N-dealkylation sites (N-methyl/N-ethyl adjacent to an activating group) is 1. The van der Waals surface area contributed by atoms with Gasteiger partial charge in [0.05, 0.1) is 14.7 Å². The molecule has 0 atom stereocenters. The molecule has 30 heavy (non-hydrogen) atoms. The quantitative estimate of drug-likeness (QED) is 0.380. The Bertz CT molecular complexity index is 1160. The molecule has 1 aliphatic heterocycles. The number of hydrogen-bond donors (Lipinski definition) is 0. The standard InChI is InChI=1S/C20H19N3O5S2/c1-3-14-8-10-17(11-9-14)30(27,28)21-20-22(4-2)19(24)18(29-20)13-15-6-5-7-16(12-15)23(25)26/h5-13H,3-4H2,1-2H3/b18-13+,21-20-. The molecule has 0 aromatic heterocycles. The molecule has 0 N–H and O–H groups in total. The Morgan fingerprint density at radius 3 is 2.47 bits per heavy atom. The molecule has 0 spiro atoms. The van der Waals surface area contributed by atoms with Crippen molar-refractivity contribution in [3.05, 3.63) is 74.7 Å². The highest BCUT2D eigenvalue weighted by atomic mass is 32.2. The second-order valence-corrected chi connectivity index (χ2v) is 8.97. The van der Waals surface area contributed by atoms with Crippen LogP contribution in [0, 0.1) is 10.1 Å². The van der Waals surface area contributed by atoms with Gasteiger partial charge in [-0.25, -0.2) is 0 Å². The number of rotatable bonds is 6. The van der Waals surface area contributed by atoms with Gasteiger partial charge >= 0.3 is 0 Å². The summed E-state index contributed by atoms with van der Waals surface area (Å²) in [5.41, 5.74) is 1.37. The summed E-state index contributed by atoms with van der Waals surface area (Å²) < 4.78 is 29.3. The molecule has 2 aromatic carbocycles. The molecule has 0 unspecified atom stereocenters. The van der Waals surface area contributed by atoms with Crippen LogP contribution in [0.1, 0.15) is 25.0 Å². The van der Waals surface area contributed by atoms with Crippen LogP contribution in [0.4, 0.5) is 5.69 Å². The van der Waals surface area contributed by atoms with Crippen LogP contribution in [0.2, 0.25) is 0 Å². The predicted octanol–water partition coefficient (Wildman–Crippen LogP) is 3.84. The first-order valence-corrected chi connectivity index (χ1v) is 11.4. The zero-order chi connectivity index (χ0) is 21.9. The van der Waals surface area contributed by atoms with E-state index in [1.807, 2.05) is 6.92 Å². The van der Waals surface area contributed by atoms with E-state index in [1.54, 1.807) is 25.1 Å². The molecular formula is C20H19N3O5S2. The van der Waals surface area contributed by atoms with Gasteiger partial charge in [-0.2, -0.15) is 8.42 Å². The van der Waals surface area contributed by atoms with Crippen molar-refractivity contribution in [2.45, 2.75) is 25.2 Å². The smallest absolute Gasteiger partial charge is 0.284 e. The largest absolute Gasteiger partial charge is 0.286 e. The van der Waals surface area contributed by atoms with Crippen LogP contribution < -0.4 is 0 Å². The van der Waals surface area contributed by atoms with Gasteiger partial charge in [0.25, 0.3) is 21.6 Å². The Hall–Kier alpha value is -2.98. The molecule has 8 nitrogen and oxygen atoms in total. The molecule has 0 radical (unpaired) electrons. The summed E-state index contributed by atoms with van der Waals surface area (Å²) in [7, 11) is -3.99. The van der Waals surface area contributed by atoms with E-state index >= 15 is 0 Å². The number of nitro benzene ring substituents is 1. The number of aryl methyl sites for hydroxylation is 1. The highest BCUT2D eigenvalue weighted by molar-refractivity contribution is 8.19. The zero-order valence-corrected chi connectivity index (χ0v) is 17.9. The Kier molecular flexibility index (Phi) is 6.37. The molecule has 1 amide bonds. The fourth-order valence-electron chi connectivity index (χ4n) is 2.79. The minimum absolute atomic E-state index is 0.0485. The van der Waals surface area contributed by atoms with Crippen LogP contribution in [0.25, 0.3) is 6.08 Å². The summed E-state index contributed by atoms with van der Waals surface area (Å²) in [6.07, 6.45) is 2.28. The summed E-state index contributed by atoms with van der Waals surface area (Å²) in [5, 5.41) is 11.0. The second-order valence-electron chi connectivity index (χ2n) is 6.36. The normalized spacial score (nSPS) is 17.1. The summed E-state index contributed by atoms with van der Waals surface area (Å²) >= 11 is 0.928. The third-order valence-electron chi connectivity index (χ3n) is 4.41. The van der Waals surface area contributed by atoms with Crippen LogP contribution in [0.15, 0.2) is 62.7 Å². The molecule has 0 bridgehead atoms. The zero-order valence-electron chi connectivity index (χ0n) is 16.3. The lowest BCUT2D eigenvalue weighted by Gasteiger charge is -2.12. The first kappa shape index (κ1) is 21.7. The number of sulfonamides is 1. The van der Waals surface area contributed by atoms with Gasteiger partial charge < -0.3 is 0 Å². The van der Waals surface area contributed by atoms with E-state index in [9.17, 15) is 23.3 Å². The number of nitro groups is 1. The molecule has 156 valence electrons. The van der Waals surface area contributed by atoms with Gasteiger partial charge in [0.2, 0.25) is 0 Å². The Balaban J connectivity index is 1.95. The van der Waals surface area contributed by atoms with Gasteiger partial charge in [-0.05, 0) is 54.4 Å². The average molecular weight is 446 g/mol. The Morgan fingerprint density at radius 1 is 1.17 bits per heavy atom. The number of non-ortho nitro benzene ring substituents is 1. The van der Waals surface area contributed by atoms with Gasteiger partial charge in [0, 0.05) is 18.7 Å². The Morgan fingerprint density at radius 2 is 1.87 bits per heavy atom. The molecule has 0 aliphatic carbocycles. The first-order valence-electron chi connectivity index (χ1n) is 9.15. The second kappa shape index (κ2) is 8.80. The van der Waals surface area contributed by atoms with E-state index in [2.05, 4.69) is 4.40 Å². The molecular weight excluding hydrogens is 426 g/mol. The summed E-state index contributed by atoms with van der Waals surface area (Å²) in [5.74, 6) is -0.399. The van der Waals surface area contributed by atoms with Crippen LogP contribution >= 0.6 is 11.8 Å². The summed E-state index contributed by atoms with van der Waals surface area (Å²) in [4.78, 5) is 24.7. The van der Waals surface area contributed by atoms with Crippen molar-refractivity contribution >= 4 is 44.6 Å². The summed E-state index contributed by atoms with van der Waals surface area (Å²) in [6.45, 7) is 3.92. The van der Waals surface area contributed by atoms with Gasteiger partial charge in [-0.3, -0.25) is 19.8 Å². The van der Waals surface area contributed by atoms with Crippen molar-refractivity contribution in [3.63, 3.8) is 0 Å². The number of carbonyl (C=O) groups excluding carboxylic acids is 1. The number of amidine groups is 1. The number of carbonyl (C=O) groups is 1. The van der Waals surface area contributed by atoms with E-state index in [4.69, 9.17) is 0 Å². The lowest BCUT2D eigenvalue weighted by atomic mass is 10.2. The summed E-state index contributed by atoms with van der Waals surface area (Å²) in [6, 6.07) is 12.3. The fraction of sp³-hybridized carbons (Fsp3) is 0.200. The van der Waals surface area contributed by atoms with Crippen molar-refractivity contribution < 1.29 is 18.1 Å². The Labute approximate surface area is 178 Å². The molecule has 3 rings (SSSR count).